The highest BCUT2D eigenvalue weighted by Gasteiger charge is 2.32. The molecule has 5 heteroatoms. The second kappa shape index (κ2) is 8.16. The molecule has 4 nitrogen and oxygen atoms in total. The maximum absolute atomic E-state index is 11.6. The van der Waals surface area contributed by atoms with Crippen LogP contribution in [0.15, 0.2) is 25.3 Å². The lowest BCUT2D eigenvalue weighted by Crippen LogP contribution is -3.00. The van der Waals surface area contributed by atoms with Crippen LogP contribution in [0.3, 0.4) is 0 Å². The molecule has 0 atom stereocenters. The van der Waals surface area contributed by atoms with Gasteiger partial charge in [0.05, 0.1) is 45.9 Å². The van der Waals surface area contributed by atoms with E-state index < -0.39 is 0 Å². The summed E-state index contributed by atoms with van der Waals surface area (Å²) >= 11 is 0. The second-order valence-electron chi connectivity index (χ2n) is 4.42. The molecule has 1 amide bonds. The standard InChI is InChI=1S/C13H23N2O2.ClH/c1-4-9-15(10-5-2)11-7-14(8-12-15)13(16)17-6-3;/h4-5H,1-2,6-12H2,3H3;1H/q+1;/p-1. The molecule has 0 aliphatic carbocycles. The smallest absolute Gasteiger partial charge is 0.410 e. The Labute approximate surface area is 116 Å². The molecule has 0 unspecified atom stereocenters. The molecule has 0 aromatic rings. The summed E-state index contributed by atoms with van der Waals surface area (Å²) in [5.74, 6) is 0. The molecule has 1 rings (SSSR count). The van der Waals surface area contributed by atoms with E-state index in [-0.39, 0.29) is 18.5 Å². The highest BCUT2D eigenvalue weighted by atomic mass is 35.5. The first-order chi connectivity index (χ1) is 8.17. The van der Waals surface area contributed by atoms with Crippen LogP contribution in [-0.4, -0.2) is 61.4 Å². The summed E-state index contributed by atoms with van der Waals surface area (Å²) in [6.45, 7) is 15.1. The highest BCUT2D eigenvalue weighted by Crippen LogP contribution is 2.14. The molecule has 0 bridgehead atoms. The number of halogens is 1. The average molecular weight is 275 g/mol. The Morgan fingerprint density at radius 1 is 1.28 bits per heavy atom. The van der Waals surface area contributed by atoms with Gasteiger partial charge in [0.2, 0.25) is 0 Å². The minimum absolute atomic E-state index is 0. The predicted molar refractivity (Wildman–Crippen MR) is 68.7 cm³/mol. The van der Waals surface area contributed by atoms with Gasteiger partial charge >= 0.3 is 6.09 Å². The van der Waals surface area contributed by atoms with Gasteiger partial charge in [-0.15, -0.1) is 0 Å². The number of hydrogen-bond donors (Lipinski definition) is 0. The Balaban J connectivity index is 0.00000289. The van der Waals surface area contributed by atoms with Crippen LogP contribution in [0.25, 0.3) is 0 Å². The van der Waals surface area contributed by atoms with Crippen molar-refractivity contribution in [2.45, 2.75) is 6.92 Å². The maximum atomic E-state index is 11.6. The van der Waals surface area contributed by atoms with Gasteiger partial charge in [-0.1, -0.05) is 13.2 Å². The molecule has 1 aliphatic rings. The largest absolute Gasteiger partial charge is 1.00 e. The van der Waals surface area contributed by atoms with Crippen molar-refractivity contribution in [1.29, 1.82) is 0 Å². The van der Waals surface area contributed by atoms with Crippen molar-refractivity contribution in [2.75, 3.05) is 45.9 Å². The van der Waals surface area contributed by atoms with Crippen molar-refractivity contribution in [2.24, 2.45) is 0 Å². The van der Waals surface area contributed by atoms with E-state index in [1.54, 1.807) is 4.90 Å². The van der Waals surface area contributed by atoms with Gasteiger partial charge in [-0.05, 0) is 19.1 Å². The first kappa shape index (κ1) is 17.0. The van der Waals surface area contributed by atoms with Crippen LogP contribution in [0, 0.1) is 0 Å². The minimum atomic E-state index is -0.192. The molecule has 1 aliphatic heterocycles. The summed E-state index contributed by atoms with van der Waals surface area (Å²) in [7, 11) is 0. The Hall–Kier alpha value is -1.00. The fourth-order valence-electron chi connectivity index (χ4n) is 2.27. The van der Waals surface area contributed by atoms with Gasteiger partial charge in [-0.3, -0.25) is 4.90 Å². The van der Waals surface area contributed by atoms with E-state index in [4.69, 9.17) is 4.74 Å². The number of ether oxygens (including phenoxy) is 1. The third-order valence-corrected chi connectivity index (χ3v) is 3.25. The number of quaternary nitrogens is 1. The van der Waals surface area contributed by atoms with E-state index in [0.717, 1.165) is 43.8 Å². The summed E-state index contributed by atoms with van der Waals surface area (Å²) in [6.07, 6.45) is 3.70. The minimum Gasteiger partial charge on any atom is -1.00 e. The molecule has 0 radical (unpaired) electrons. The van der Waals surface area contributed by atoms with Crippen molar-refractivity contribution < 1.29 is 26.4 Å². The number of carbonyl (C=O) groups excluding carboxylic acids is 1. The number of amides is 1. The number of hydrogen-bond acceptors (Lipinski definition) is 2. The maximum Gasteiger partial charge on any atom is 0.410 e. The SMILES string of the molecule is C=CC[N+]1(CC=C)CCN(C(=O)OCC)CC1.[Cl-]. The van der Waals surface area contributed by atoms with Crippen molar-refractivity contribution in [3.05, 3.63) is 25.3 Å². The van der Waals surface area contributed by atoms with Crippen molar-refractivity contribution >= 4 is 6.09 Å². The lowest BCUT2D eigenvalue weighted by Gasteiger charge is -2.43. The van der Waals surface area contributed by atoms with Crippen LogP contribution in [0.1, 0.15) is 6.92 Å². The van der Waals surface area contributed by atoms with Crippen molar-refractivity contribution in [3.63, 3.8) is 0 Å². The van der Waals surface area contributed by atoms with Gasteiger partial charge < -0.3 is 21.6 Å². The lowest BCUT2D eigenvalue weighted by atomic mass is 10.2. The second-order valence-corrected chi connectivity index (χ2v) is 4.42. The van der Waals surface area contributed by atoms with E-state index >= 15 is 0 Å². The van der Waals surface area contributed by atoms with Gasteiger partial charge in [0, 0.05) is 0 Å². The van der Waals surface area contributed by atoms with Gasteiger partial charge in [-0.2, -0.15) is 0 Å². The zero-order valence-corrected chi connectivity index (χ0v) is 11.9. The topological polar surface area (TPSA) is 29.5 Å². The molecule has 0 N–H and O–H groups in total. The van der Waals surface area contributed by atoms with Gasteiger partial charge in [0.1, 0.15) is 0 Å². The molecule has 104 valence electrons. The summed E-state index contributed by atoms with van der Waals surface area (Å²) in [6, 6.07) is 0. The molecular weight excluding hydrogens is 252 g/mol. The summed E-state index contributed by atoms with van der Waals surface area (Å²) in [4.78, 5) is 13.4. The summed E-state index contributed by atoms with van der Waals surface area (Å²) in [5, 5.41) is 0. The van der Waals surface area contributed by atoms with Crippen LogP contribution in [0.4, 0.5) is 4.79 Å². The highest BCUT2D eigenvalue weighted by molar-refractivity contribution is 5.67. The fraction of sp³-hybridized carbons (Fsp3) is 0.615. The Kier molecular flexibility index (Phi) is 7.71. The van der Waals surface area contributed by atoms with E-state index in [1.165, 1.54) is 0 Å². The van der Waals surface area contributed by atoms with E-state index in [1.807, 2.05) is 19.1 Å². The number of rotatable bonds is 5. The molecule has 0 saturated carbocycles. The number of carbonyl (C=O) groups is 1. The van der Waals surface area contributed by atoms with E-state index in [0.29, 0.717) is 6.61 Å². The van der Waals surface area contributed by atoms with Crippen molar-refractivity contribution in [3.8, 4) is 0 Å². The number of nitrogens with zero attached hydrogens (tertiary/aromatic N) is 2. The fourth-order valence-corrected chi connectivity index (χ4v) is 2.27. The van der Waals surface area contributed by atoms with Crippen LogP contribution < -0.4 is 12.4 Å². The monoisotopic (exact) mass is 274 g/mol. The molecule has 0 spiro atoms. The van der Waals surface area contributed by atoms with E-state index in [2.05, 4.69) is 13.2 Å². The van der Waals surface area contributed by atoms with Gasteiger partial charge in [0.25, 0.3) is 0 Å². The number of piperazine rings is 1. The molecular formula is C13H23ClN2O2. The molecule has 0 aromatic heterocycles. The van der Waals surface area contributed by atoms with Gasteiger partial charge in [0.15, 0.2) is 0 Å². The summed E-state index contributed by atoms with van der Waals surface area (Å²) < 4.78 is 5.96. The quantitative estimate of drug-likeness (QED) is 0.458. The molecule has 0 aromatic carbocycles. The molecule has 1 fully saturated rings. The Morgan fingerprint density at radius 3 is 2.17 bits per heavy atom. The lowest BCUT2D eigenvalue weighted by molar-refractivity contribution is -0.920. The third kappa shape index (κ3) is 4.35. The first-order valence-corrected chi connectivity index (χ1v) is 6.16. The Bertz CT molecular complexity index is 275. The first-order valence-electron chi connectivity index (χ1n) is 6.16. The van der Waals surface area contributed by atoms with Gasteiger partial charge in [-0.25, -0.2) is 4.79 Å². The zero-order valence-electron chi connectivity index (χ0n) is 11.1. The van der Waals surface area contributed by atoms with Crippen molar-refractivity contribution in [1.82, 2.24) is 4.90 Å². The third-order valence-electron chi connectivity index (χ3n) is 3.25. The predicted octanol–water partition coefficient (Wildman–Crippen LogP) is -1.35. The normalized spacial score (nSPS) is 17.5. The van der Waals surface area contributed by atoms with E-state index in [9.17, 15) is 4.79 Å². The van der Waals surface area contributed by atoms with Crippen LogP contribution in [-0.2, 0) is 4.74 Å². The molecule has 1 heterocycles. The molecule has 1 saturated heterocycles. The molecule has 18 heavy (non-hydrogen) atoms. The average Bonchev–Trinajstić information content (AvgIpc) is 2.31. The van der Waals surface area contributed by atoms with Crippen LogP contribution in [0.5, 0.6) is 0 Å². The van der Waals surface area contributed by atoms with Crippen LogP contribution >= 0.6 is 0 Å². The van der Waals surface area contributed by atoms with Crippen LogP contribution in [0.2, 0.25) is 0 Å². The summed E-state index contributed by atoms with van der Waals surface area (Å²) in [5.41, 5.74) is 0. The Morgan fingerprint density at radius 2 is 1.78 bits per heavy atom. The zero-order chi connectivity index (χ0) is 12.7.